The van der Waals surface area contributed by atoms with Crippen LogP contribution in [0.25, 0.3) is 44.4 Å². The van der Waals surface area contributed by atoms with E-state index in [1.165, 1.54) is 14.2 Å². The summed E-state index contributed by atoms with van der Waals surface area (Å²) in [5.74, 6) is 1.04. The van der Waals surface area contributed by atoms with E-state index in [0.717, 1.165) is 75.9 Å². The smallest absolute Gasteiger partial charge is 0.407 e. The number of alkyl carbamates (subject to hydrolysis) is 2. The maximum atomic E-state index is 13.9. The number of amides is 4. The van der Waals surface area contributed by atoms with Crippen LogP contribution in [0.3, 0.4) is 0 Å². The first-order valence-corrected chi connectivity index (χ1v) is 19.4. The Labute approximate surface area is 335 Å². The number of fused-ring (bicyclic) bond motifs is 1. The van der Waals surface area contributed by atoms with E-state index in [1.54, 1.807) is 22.2 Å². The molecule has 58 heavy (non-hydrogen) atoms. The third kappa shape index (κ3) is 7.85. The molecule has 0 radical (unpaired) electrons. The number of nitrogens with one attached hydrogen (secondary N) is 4. The first-order valence-electron chi connectivity index (χ1n) is 19.4. The van der Waals surface area contributed by atoms with E-state index in [1.807, 2.05) is 30.3 Å². The molecule has 2 aliphatic heterocycles. The summed E-state index contributed by atoms with van der Waals surface area (Å²) in [4.78, 5) is 70.2. The van der Waals surface area contributed by atoms with E-state index >= 15 is 0 Å². The Bertz CT molecular complexity index is 2450. The first-order chi connectivity index (χ1) is 28.3. The van der Waals surface area contributed by atoms with Crippen LogP contribution >= 0.6 is 0 Å². The van der Waals surface area contributed by atoms with Crippen LogP contribution in [0.1, 0.15) is 61.0 Å². The number of likely N-dealkylation sites (tertiary alicyclic amines) is 2. The molecule has 0 aliphatic carbocycles. The molecular weight excluding hydrogens is 737 g/mol. The number of rotatable bonds is 10. The van der Waals surface area contributed by atoms with E-state index in [0.29, 0.717) is 24.5 Å². The van der Waals surface area contributed by atoms with Gasteiger partial charge in [0.15, 0.2) is 0 Å². The van der Waals surface area contributed by atoms with Gasteiger partial charge in [0.05, 0.1) is 50.1 Å². The fraction of sp³-hybridized carbons (Fsp3) is 0.273. The zero-order chi connectivity index (χ0) is 40.2. The molecular formula is C44H44N8O6. The van der Waals surface area contributed by atoms with Crippen LogP contribution in [0.2, 0.25) is 0 Å². The molecule has 2 aliphatic rings. The third-order valence-electron chi connectivity index (χ3n) is 11.0. The standard InChI is InChI=1S/C44H44N8O6/c1-57-43(55)47-26-38(53)51-20-6-10-36(51)40-46-25-35(49-40)33-19-18-31-22-30(16-17-32(31)23-33)27-12-14-28(15-13-27)34-24-45-41(48-34)37-11-7-21-52(37)42(54)39(50-44(56)58-2)29-8-4-3-5-9-29/h3-5,8-9,12-19,22-25,36-37,39H,6-7,10-11,20-21,26H2,1-2H3,(H,45,48)(H,46,49)(H,47,55)(H,50,56)/t36-,37-,39+/m0/s1. The Hall–Kier alpha value is -6.96. The average Bonchev–Trinajstić information content (AvgIpc) is 4.11. The van der Waals surface area contributed by atoms with Crippen molar-refractivity contribution in [1.29, 1.82) is 0 Å². The van der Waals surface area contributed by atoms with Gasteiger partial charge in [-0.05, 0) is 70.8 Å². The second-order valence-corrected chi connectivity index (χ2v) is 14.5. The van der Waals surface area contributed by atoms with Crippen molar-refractivity contribution < 1.29 is 28.7 Å². The largest absolute Gasteiger partial charge is 0.453 e. The highest BCUT2D eigenvalue weighted by Crippen LogP contribution is 2.36. The monoisotopic (exact) mass is 780 g/mol. The van der Waals surface area contributed by atoms with Crippen LogP contribution in [0.4, 0.5) is 9.59 Å². The highest BCUT2D eigenvalue weighted by Gasteiger charge is 2.37. The number of aromatic amines is 2. The molecule has 4 amide bonds. The summed E-state index contributed by atoms with van der Waals surface area (Å²) >= 11 is 0. The molecule has 4 aromatic carbocycles. The van der Waals surface area contributed by atoms with E-state index in [2.05, 4.69) is 91.0 Å². The lowest BCUT2D eigenvalue weighted by Crippen LogP contribution is -2.42. The maximum absolute atomic E-state index is 13.9. The molecule has 0 spiro atoms. The predicted molar refractivity (Wildman–Crippen MR) is 217 cm³/mol. The summed E-state index contributed by atoms with van der Waals surface area (Å²) < 4.78 is 9.42. The molecule has 0 bridgehead atoms. The molecule has 296 valence electrons. The zero-order valence-corrected chi connectivity index (χ0v) is 32.2. The van der Waals surface area contributed by atoms with Gasteiger partial charge in [-0.25, -0.2) is 19.6 Å². The molecule has 14 heteroatoms. The van der Waals surface area contributed by atoms with Gasteiger partial charge in [-0.1, -0.05) is 78.9 Å². The molecule has 3 atom stereocenters. The molecule has 0 unspecified atom stereocenters. The number of hydrogen-bond acceptors (Lipinski definition) is 8. The van der Waals surface area contributed by atoms with Crippen LogP contribution in [0.5, 0.6) is 0 Å². The number of carbonyl (C=O) groups excluding carboxylic acids is 4. The van der Waals surface area contributed by atoms with Crippen LogP contribution in [-0.2, 0) is 19.1 Å². The quantitative estimate of drug-likeness (QED) is 0.114. The van der Waals surface area contributed by atoms with Gasteiger partial charge in [0, 0.05) is 18.7 Å². The van der Waals surface area contributed by atoms with Crippen molar-refractivity contribution in [2.45, 2.75) is 43.8 Å². The summed E-state index contributed by atoms with van der Waals surface area (Å²) in [6, 6.07) is 28.9. The van der Waals surface area contributed by atoms with Crippen LogP contribution in [0, 0.1) is 0 Å². The van der Waals surface area contributed by atoms with Crippen molar-refractivity contribution >= 4 is 34.8 Å². The van der Waals surface area contributed by atoms with Gasteiger partial charge in [-0.15, -0.1) is 0 Å². The highest BCUT2D eigenvalue weighted by molar-refractivity contribution is 5.91. The number of benzene rings is 4. The summed E-state index contributed by atoms with van der Waals surface area (Å²) in [6.07, 6.45) is 5.52. The SMILES string of the molecule is COC(=O)NCC(=O)N1CCC[C@H]1c1ncc(-c2ccc3cc(-c4ccc(-c5cnc([C@@H]6CCCN6C(=O)[C@H](NC(=O)OC)c6ccccc6)[nH]5)cc4)ccc3c2)[nH]1. The maximum Gasteiger partial charge on any atom is 0.407 e. The van der Waals surface area contributed by atoms with Crippen molar-refractivity contribution in [2.24, 2.45) is 0 Å². The van der Waals surface area contributed by atoms with Gasteiger partial charge in [0.2, 0.25) is 5.91 Å². The minimum atomic E-state index is -0.878. The molecule has 0 saturated carbocycles. The summed E-state index contributed by atoms with van der Waals surface area (Å²) in [5.41, 5.74) is 6.52. The van der Waals surface area contributed by atoms with Gasteiger partial charge in [0.25, 0.3) is 5.91 Å². The first kappa shape index (κ1) is 37.9. The van der Waals surface area contributed by atoms with Gasteiger partial charge in [0.1, 0.15) is 24.2 Å². The van der Waals surface area contributed by atoms with Crippen LogP contribution < -0.4 is 10.6 Å². The molecule has 2 fully saturated rings. The van der Waals surface area contributed by atoms with Gasteiger partial charge >= 0.3 is 12.2 Å². The minimum absolute atomic E-state index is 0.125. The second-order valence-electron chi connectivity index (χ2n) is 14.5. The van der Waals surface area contributed by atoms with E-state index in [4.69, 9.17) is 9.72 Å². The number of nitrogens with zero attached hydrogens (tertiary/aromatic N) is 4. The predicted octanol–water partition coefficient (Wildman–Crippen LogP) is 7.07. The average molecular weight is 781 g/mol. The molecule has 4 heterocycles. The van der Waals surface area contributed by atoms with Crippen molar-refractivity contribution in [1.82, 2.24) is 40.4 Å². The summed E-state index contributed by atoms with van der Waals surface area (Å²) in [7, 11) is 2.55. The fourth-order valence-corrected chi connectivity index (χ4v) is 8.00. The lowest BCUT2D eigenvalue weighted by Gasteiger charge is -2.28. The molecule has 14 nitrogen and oxygen atoms in total. The summed E-state index contributed by atoms with van der Waals surface area (Å²) in [5, 5.41) is 7.37. The van der Waals surface area contributed by atoms with E-state index < -0.39 is 18.2 Å². The number of hydrogen-bond donors (Lipinski definition) is 4. The molecule has 2 aromatic heterocycles. The Morgan fingerprint density at radius 1 is 0.690 bits per heavy atom. The van der Waals surface area contributed by atoms with Crippen molar-refractivity contribution in [3.63, 3.8) is 0 Å². The van der Waals surface area contributed by atoms with Crippen LogP contribution in [-0.4, -0.2) is 87.6 Å². The normalized spacial score (nSPS) is 16.9. The van der Waals surface area contributed by atoms with Gasteiger partial charge < -0.3 is 39.9 Å². The molecule has 8 rings (SSSR count). The Morgan fingerprint density at radius 2 is 1.24 bits per heavy atom. The Balaban J connectivity index is 0.938. The Morgan fingerprint density at radius 3 is 1.90 bits per heavy atom. The van der Waals surface area contributed by atoms with Gasteiger partial charge in [-0.3, -0.25) is 9.59 Å². The number of H-pyrrole nitrogens is 2. The number of carbonyl (C=O) groups is 4. The lowest BCUT2D eigenvalue weighted by molar-refractivity contribution is -0.134. The Kier molecular flexibility index (Phi) is 10.9. The topological polar surface area (TPSA) is 175 Å². The number of methoxy groups -OCH3 is 2. The van der Waals surface area contributed by atoms with Crippen LogP contribution in [0.15, 0.2) is 103 Å². The van der Waals surface area contributed by atoms with Crippen molar-refractivity contribution in [3.05, 3.63) is 121 Å². The molecule has 6 aromatic rings. The van der Waals surface area contributed by atoms with Crippen molar-refractivity contribution in [2.75, 3.05) is 33.9 Å². The fourth-order valence-electron chi connectivity index (χ4n) is 8.00. The molecule has 4 N–H and O–H groups in total. The highest BCUT2D eigenvalue weighted by atomic mass is 16.5. The number of aromatic nitrogens is 4. The summed E-state index contributed by atoms with van der Waals surface area (Å²) in [6.45, 7) is 1.03. The molecule has 2 saturated heterocycles. The number of imidazole rings is 2. The van der Waals surface area contributed by atoms with Crippen molar-refractivity contribution in [3.8, 4) is 33.6 Å². The second kappa shape index (κ2) is 16.6. The third-order valence-corrected chi connectivity index (χ3v) is 11.0. The lowest BCUT2D eigenvalue weighted by atomic mass is 9.98. The van der Waals surface area contributed by atoms with E-state index in [-0.39, 0.29) is 30.4 Å². The number of ether oxygens (including phenoxy) is 2. The zero-order valence-electron chi connectivity index (χ0n) is 32.2. The van der Waals surface area contributed by atoms with E-state index in [9.17, 15) is 19.2 Å². The minimum Gasteiger partial charge on any atom is -0.453 e. The van der Waals surface area contributed by atoms with Gasteiger partial charge in [-0.2, -0.15) is 0 Å².